The molecule has 1 amide bonds. The Balaban J connectivity index is 1.99. The van der Waals surface area contributed by atoms with E-state index in [1.54, 1.807) is 11.0 Å². The summed E-state index contributed by atoms with van der Waals surface area (Å²) in [5.74, 6) is 0.455. The maximum Gasteiger partial charge on any atom is 0.266 e. The average molecular weight is 508 g/mol. The number of amidine groups is 1. The van der Waals surface area contributed by atoms with Gasteiger partial charge >= 0.3 is 0 Å². The monoisotopic (exact) mass is 508 g/mol. The van der Waals surface area contributed by atoms with Crippen molar-refractivity contribution in [2.75, 3.05) is 6.61 Å². The van der Waals surface area contributed by atoms with Gasteiger partial charge in [-0.3, -0.25) is 9.69 Å². The number of hydrogen-bond donors (Lipinski definition) is 1. The topological polar surface area (TPSA) is 62.1 Å². The minimum atomic E-state index is -0.0734. The minimum absolute atomic E-state index is 0.00713. The van der Waals surface area contributed by atoms with Crippen molar-refractivity contribution in [3.63, 3.8) is 0 Å². The van der Waals surface area contributed by atoms with Gasteiger partial charge in [0.2, 0.25) is 0 Å². The molecule has 0 spiro atoms. The van der Waals surface area contributed by atoms with Gasteiger partial charge in [-0.25, -0.2) is 4.99 Å². The fourth-order valence-corrected chi connectivity index (χ4v) is 4.47. The average Bonchev–Trinajstić information content (AvgIpc) is 2.95. The predicted octanol–water partition coefficient (Wildman–Crippen LogP) is 5.41. The predicted molar refractivity (Wildman–Crippen MR) is 123 cm³/mol. The number of para-hydroxylation sites is 1. The molecule has 1 heterocycles. The van der Waals surface area contributed by atoms with Crippen LogP contribution in [0.5, 0.6) is 11.5 Å². The van der Waals surface area contributed by atoms with E-state index < -0.39 is 0 Å². The van der Waals surface area contributed by atoms with Crippen LogP contribution >= 0.6 is 34.4 Å². The van der Waals surface area contributed by atoms with Crippen molar-refractivity contribution in [3.05, 3.63) is 56.5 Å². The Bertz CT molecular complexity index is 942. The van der Waals surface area contributed by atoms with Crippen molar-refractivity contribution < 1.29 is 14.6 Å². The maximum absolute atomic E-state index is 13.0. The van der Waals surface area contributed by atoms with Crippen LogP contribution in [-0.4, -0.2) is 33.7 Å². The molecule has 1 N–H and O–H groups in total. The van der Waals surface area contributed by atoms with Crippen LogP contribution in [0.2, 0.25) is 0 Å². The van der Waals surface area contributed by atoms with Gasteiger partial charge in [-0.05, 0) is 91.0 Å². The van der Waals surface area contributed by atoms with Crippen molar-refractivity contribution in [1.29, 1.82) is 0 Å². The number of aliphatic imine (C=N–C) groups is 1. The van der Waals surface area contributed by atoms with Crippen molar-refractivity contribution in [1.82, 2.24) is 4.90 Å². The quantitative estimate of drug-likeness (QED) is 0.434. The molecule has 5 nitrogen and oxygen atoms in total. The summed E-state index contributed by atoms with van der Waals surface area (Å²) in [5.41, 5.74) is 1.61. The maximum atomic E-state index is 13.0. The van der Waals surface area contributed by atoms with Gasteiger partial charge in [0.15, 0.2) is 16.7 Å². The molecule has 2 aromatic carbocycles. The van der Waals surface area contributed by atoms with E-state index in [4.69, 9.17) is 4.74 Å². The molecule has 28 heavy (non-hydrogen) atoms. The summed E-state index contributed by atoms with van der Waals surface area (Å²) in [5, 5.41) is 10.8. The number of phenols is 1. The normalized spacial score (nSPS) is 17.2. The Labute approximate surface area is 182 Å². The third-order valence-electron chi connectivity index (χ3n) is 3.98. The molecule has 0 unspecified atom stereocenters. The van der Waals surface area contributed by atoms with E-state index in [9.17, 15) is 9.90 Å². The molecule has 0 aliphatic carbocycles. The highest BCUT2D eigenvalue weighted by Crippen LogP contribution is 2.38. The Morgan fingerprint density at radius 2 is 2.00 bits per heavy atom. The second kappa shape index (κ2) is 9.00. The van der Waals surface area contributed by atoms with Gasteiger partial charge in [-0.2, -0.15) is 0 Å². The SMILES string of the molecule is CCOc1cc(/C=C2/SC(=Nc3ccccc3)N(C(C)C)C2=O)cc(I)c1O. The van der Waals surface area contributed by atoms with Gasteiger partial charge in [0.25, 0.3) is 5.91 Å². The van der Waals surface area contributed by atoms with Crippen LogP contribution in [0.15, 0.2) is 52.4 Å². The molecular formula is C21H21IN2O3S. The molecule has 0 aromatic heterocycles. The number of ether oxygens (including phenoxy) is 1. The summed E-state index contributed by atoms with van der Waals surface area (Å²) in [6.45, 7) is 6.25. The van der Waals surface area contributed by atoms with Crippen LogP contribution in [0.25, 0.3) is 6.08 Å². The van der Waals surface area contributed by atoms with E-state index in [0.717, 1.165) is 11.3 Å². The molecule has 1 aliphatic rings. The summed E-state index contributed by atoms with van der Waals surface area (Å²) >= 11 is 3.41. The molecular weight excluding hydrogens is 487 g/mol. The Morgan fingerprint density at radius 3 is 2.64 bits per heavy atom. The van der Waals surface area contributed by atoms with Crippen LogP contribution in [0.4, 0.5) is 5.69 Å². The van der Waals surface area contributed by atoms with Gasteiger partial charge in [-0.1, -0.05) is 18.2 Å². The summed E-state index contributed by atoms with van der Waals surface area (Å²) < 4.78 is 6.17. The van der Waals surface area contributed by atoms with E-state index in [2.05, 4.69) is 27.6 Å². The number of carbonyl (C=O) groups excluding carboxylic acids is 1. The third kappa shape index (κ3) is 4.52. The number of aromatic hydroxyl groups is 1. The first-order chi connectivity index (χ1) is 13.4. The molecule has 7 heteroatoms. The van der Waals surface area contributed by atoms with E-state index in [1.807, 2.05) is 63.2 Å². The lowest BCUT2D eigenvalue weighted by atomic mass is 10.2. The van der Waals surface area contributed by atoms with Crippen molar-refractivity contribution >= 4 is 57.2 Å². The van der Waals surface area contributed by atoms with Gasteiger partial charge in [0, 0.05) is 6.04 Å². The molecule has 146 valence electrons. The zero-order valence-electron chi connectivity index (χ0n) is 15.8. The first-order valence-electron chi connectivity index (χ1n) is 8.92. The minimum Gasteiger partial charge on any atom is -0.504 e. The second-order valence-electron chi connectivity index (χ2n) is 6.39. The molecule has 1 fully saturated rings. The number of thioether (sulfide) groups is 1. The van der Waals surface area contributed by atoms with Crippen LogP contribution in [-0.2, 0) is 4.79 Å². The molecule has 0 saturated carbocycles. The smallest absolute Gasteiger partial charge is 0.266 e. The number of nitrogens with zero attached hydrogens (tertiary/aromatic N) is 2. The number of benzene rings is 2. The molecule has 3 rings (SSSR count). The third-order valence-corrected chi connectivity index (χ3v) is 5.79. The Morgan fingerprint density at radius 1 is 1.29 bits per heavy atom. The summed E-state index contributed by atoms with van der Waals surface area (Å²) in [6, 6.07) is 13.2. The number of amides is 1. The van der Waals surface area contributed by atoms with Crippen LogP contribution in [0, 0.1) is 3.57 Å². The first-order valence-corrected chi connectivity index (χ1v) is 10.8. The molecule has 1 aliphatic heterocycles. The fraction of sp³-hybridized carbons (Fsp3) is 0.238. The Kier molecular flexibility index (Phi) is 6.66. The molecule has 0 radical (unpaired) electrons. The fourth-order valence-electron chi connectivity index (χ4n) is 2.73. The summed E-state index contributed by atoms with van der Waals surface area (Å²) in [7, 11) is 0. The number of phenolic OH excluding ortho intramolecular Hbond substituents is 1. The lowest BCUT2D eigenvalue weighted by Gasteiger charge is -2.19. The zero-order valence-corrected chi connectivity index (χ0v) is 18.8. The standard InChI is InChI=1S/C21H21IN2O3S/c1-4-27-17-11-14(10-16(22)19(17)25)12-18-20(26)24(13(2)3)21(28-18)23-15-8-6-5-7-9-15/h5-13,25H,4H2,1-3H3/b18-12+,23-21?. The largest absolute Gasteiger partial charge is 0.504 e. The number of hydrogen-bond acceptors (Lipinski definition) is 5. The van der Waals surface area contributed by atoms with Crippen LogP contribution in [0.3, 0.4) is 0 Å². The van der Waals surface area contributed by atoms with Gasteiger partial charge < -0.3 is 9.84 Å². The molecule has 1 saturated heterocycles. The van der Waals surface area contributed by atoms with Crippen LogP contribution < -0.4 is 4.74 Å². The van der Waals surface area contributed by atoms with Gasteiger partial charge in [0.05, 0.1) is 20.8 Å². The van der Waals surface area contributed by atoms with Crippen molar-refractivity contribution in [2.24, 2.45) is 4.99 Å². The van der Waals surface area contributed by atoms with Crippen LogP contribution in [0.1, 0.15) is 26.3 Å². The first kappa shape index (κ1) is 20.7. The second-order valence-corrected chi connectivity index (χ2v) is 8.56. The van der Waals surface area contributed by atoms with Crippen molar-refractivity contribution in [2.45, 2.75) is 26.8 Å². The summed E-state index contributed by atoms with van der Waals surface area (Å²) in [4.78, 5) is 19.9. The lowest BCUT2D eigenvalue weighted by molar-refractivity contribution is -0.123. The highest BCUT2D eigenvalue weighted by Gasteiger charge is 2.35. The van der Waals surface area contributed by atoms with E-state index in [0.29, 0.717) is 26.0 Å². The zero-order chi connectivity index (χ0) is 20.3. The lowest BCUT2D eigenvalue weighted by Crippen LogP contribution is -2.35. The van der Waals surface area contributed by atoms with Crippen molar-refractivity contribution in [3.8, 4) is 11.5 Å². The van der Waals surface area contributed by atoms with E-state index >= 15 is 0 Å². The van der Waals surface area contributed by atoms with Gasteiger partial charge in [-0.15, -0.1) is 0 Å². The highest BCUT2D eigenvalue weighted by atomic mass is 127. The summed E-state index contributed by atoms with van der Waals surface area (Å²) in [6.07, 6.45) is 1.82. The number of rotatable bonds is 5. The van der Waals surface area contributed by atoms with E-state index in [1.165, 1.54) is 11.8 Å². The number of halogens is 1. The van der Waals surface area contributed by atoms with E-state index in [-0.39, 0.29) is 17.7 Å². The van der Waals surface area contributed by atoms with Gasteiger partial charge in [0.1, 0.15) is 0 Å². The number of carbonyl (C=O) groups is 1. The Hall–Kier alpha value is -2.00. The molecule has 0 bridgehead atoms. The highest BCUT2D eigenvalue weighted by molar-refractivity contribution is 14.1. The molecule has 2 aromatic rings. The molecule has 0 atom stereocenters.